The number of hydrogen-bond donors (Lipinski definition) is 1. The Balaban J connectivity index is 3.13. The van der Waals surface area contributed by atoms with Gasteiger partial charge >= 0.3 is 0 Å². The Morgan fingerprint density at radius 3 is 3.00 bits per heavy atom. The summed E-state index contributed by atoms with van der Waals surface area (Å²) in [6.45, 7) is 2.06. The van der Waals surface area contributed by atoms with Crippen LogP contribution >= 0.6 is 0 Å². The molecular weight excluding hydrogens is 220 g/mol. The summed E-state index contributed by atoms with van der Waals surface area (Å²) in [5.74, 6) is 0. The monoisotopic (exact) mass is 236 g/mol. The van der Waals surface area contributed by atoms with E-state index in [1.807, 2.05) is 13.0 Å². The number of aliphatic hydroxyl groups excluding tert-OH is 1. The Hall–Kier alpha value is -1.75. The molecule has 0 spiro atoms. The van der Waals surface area contributed by atoms with E-state index in [9.17, 15) is 10.1 Å². The fourth-order valence-electron chi connectivity index (χ4n) is 1.66. The molecule has 1 N–H and O–H groups in total. The lowest BCUT2D eigenvalue weighted by Crippen LogP contribution is -1.96. The summed E-state index contributed by atoms with van der Waals surface area (Å²) in [4.78, 5) is 14.2. The summed E-state index contributed by atoms with van der Waals surface area (Å²) in [7, 11) is 0. The van der Waals surface area contributed by atoms with Crippen molar-refractivity contribution in [3.05, 3.63) is 40.2 Å². The van der Waals surface area contributed by atoms with Crippen LogP contribution < -0.4 is 0 Å². The number of aromatic nitrogens is 1. The molecule has 1 rings (SSSR count). The smallest absolute Gasteiger partial charge is 0.294 e. The van der Waals surface area contributed by atoms with Crippen LogP contribution in [0.5, 0.6) is 0 Å². The molecule has 1 aromatic heterocycles. The van der Waals surface area contributed by atoms with Gasteiger partial charge in [0.05, 0.1) is 10.5 Å². The summed E-state index contributed by atoms with van der Waals surface area (Å²) in [5, 5.41) is 19.7. The molecule has 0 radical (unpaired) electrons. The van der Waals surface area contributed by atoms with Crippen LogP contribution in [-0.2, 0) is 0 Å². The molecule has 0 amide bonds. The van der Waals surface area contributed by atoms with Crippen LogP contribution in [0.1, 0.15) is 31.7 Å². The van der Waals surface area contributed by atoms with E-state index in [1.54, 1.807) is 12.3 Å². The van der Waals surface area contributed by atoms with E-state index in [4.69, 9.17) is 5.11 Å². The van der Waals surface area contributed by atoms with Crippen LogP contribution in [0, 0.1) is 10.1 Å². The summed E-state index contributed by atoms with van der Waals surface area (Å²) < 4.78 is 0. The number of nitrogens with zero attached hydrogens (tertiary/aromatic N) is 2. The highest BCUT2D eigenvalue weighted by atomic mass is 16.6. The van der Waals surface area contributed by atoms with Crippen molar-refractivity contribution in [2.24, 2.45) is 0 Å². The molecule has 5 heteroatoms. The SMILES string of the molecule is CCCC(=CCCO)c1ccncc1[N+](=O)[O-]. The molecule has 0 saturated carbocycles. The van der Waals surface area contributed by atoms with Gasteiger partial charge in [-0.15, -0.1) is 0 Å². The highest BCUT2D eigenvalue weighted by molar-refractivity contribution is 5.72. The molecule has 0 aromatic carbocycles. The van der Waals surface area contributed by atoms with Gasteiger partial charge in [0, 0.05) is 12.8 Å². The third-order valence-electron chi connectivity index (χ3n) is 2.38. The maximum absolute atomic E-state index is 10.9. The van der Waals surface area contributed by atoms with Crippen molar-refractivity contribution in [1.82, 2.24) is 4.98 Å². The van der Waals surface area contributed by atoms with Crippen molar-refractivity contribution in [3.8, 4) is 0 Å². The van der Waals surface area contributed by atoms with E-state index >= 15 is 0 Å². The van der Waals surface area contributed by atoms with Crippen LogP contribution in [0.25, 0.3) is 5.57 Å². The van der Waals surface area contributed by atoms with Gasteiger partial charge in [0.25, 0.3) is 5.69 Å². The number of aliphatic hydroxyl groups is 1. The first kappa shape index (κ1) is 13.3. The second-order valence-electron chi connectivity index (χ2n) is 3.64. The van der Waals surface area contributed by atoms with Crippen molar-refractivity contribution >= 4 is 11.3 Å². The van der Waals surface area contributed by atoms with Gasteiger partial charge < -0.3 is 5.11 Å². The molecule has 0 atom stereocenters. The Morgan fingerprint density at radius 1 is 1.65 bits per heavy atom. The van der Waals surface area contributed by atoms with Gasteiger partial charge in [0.15, 0.2) is 0 Å². The second kappa shape index (κ2) is 6.75. The molecule has 5 nitrogen and oxygen atoms in total. The lowest BCUT2D eigenvalue weighted by Gasteiger charge is -2.06. The Bertz CT molecular complexity index is 416. The standard InChI is InChI=1S/C12H16N2O3/c1-2-4-10(5-3-8-15)11-6-7-13-9-12(11)14(16)17/h5-7,9,15H,2-4,8H2,1H3. The van der Waals surface area contributed by atoms with Crippen molar-refractivity contribution in [1.29, 1.82) is 0 Å². The zero-order chi connectivity index (χ0) is 12.7. The number of rotatable bonds is 6. The average Bonchev–Trinajstić information content (AvgIpc) is 2.34. The van der Waals surface area contributed by atoms with Crippen LogP contribution in [-0.4, -0.2) is 21.6 Å². The van der Waals surface area contributed by atoms with Gasteiger partial charge in [-0.05, 0) is 24.5 Å². The quantitative estimate of drug-likeness (QED) is 0.608. The van der Waals surface area contributed by atoms with E-state index in [1.165, 1.54) is 6.20 Å². The summed E-state index contributed by atoms with van der Waals surface area (Å²) >= 11 is 0. The Kier molecular flexibility index (Phi) is 5.29. The predicted octanol–water partition coefficient (Wildman–Crippen LogP) is 2.56. The van der Waals surface area contributed by atoms with Crippen LogP contribution in [0.2, 0.25) is 0 Å². The summed E-state index contributed by atoms with van der Waals surface area (Å²) in [5.41, 5.74) is 1.51. The lowest BCUT2D eigenvalue weighted by atomic mass is 10.00. The number of nitro groups is 1. The van der Waals surface area contributed by atoms with E-state index < -0.39 is 4.92 Å². The normalized spacial score (nSPS) is 11.5. The van der Waals surface area contributed by atoms with Gasteiger partial charge in [0.1, 0.15) is 6.20 Å². The second-order valence-corrected chi connectivity index (χ2v) is 3.64. The Morgan fingerprint density at radius 2 is 2.41 bits per heavy atom. The Labute approximate surface area is 100.0 Å². The summed E-state index contributed by atoms with van der Waals surface area (Å²) in [6, 6.07) is 1.65. The molecule has 0 aliphatic carbocycles. The first-order chi connectivity index (χ1) is 8.20. The maximum atomic E-state index is 10.9. The van der Waals surface area contributed by atoms with Crippen molar-refractivity contribution in [3.63, 3.8) is 0 Å². The average molecular weight is 236 g/mol. The highest BCUT2D eigenvalue weighted by Gasteiger charge is 2.15. The van der Waals surface area contributed by atoms with Gasteiger partial charge in [-0.1, -0.05) is 19.4 Å². The van der Waals surface area contributed by atoms with Gasteiger partial charge in [-0.25, -0.2) is 0 Å². The fraction of sp³-hybridized carbons (Fsp3) is 0.417. The topological polar surface area (TPSA) is 76.3 Å². The lowest BCUT2D eigenvalue weighted by molar-refractivity contribution is -0.385. The van der Waals surface area contributed by atoms with Crippen LogP contribution in [0.4, 0.5) is 5.69 Å². The predicted molar refractivity (Wildman–Crippen MR) is 65.5 cm³/mol. The molecule has 17 heavy (non-hydrogen) atoms. The minimum absolute atomic E-state index is 0.0186. The van der Waals surface area contributed by atoms with Crippen molar-refractivity contribution < 1.29 is 10.0 Å². The molecule has 1 heterocycles. The van der Waals surface area contributed by atoms with E-state index in [0.29, 0.717) is 12.0 Å². The summed E-state index contributed by atoms with van der Waals surface area (Å²) in [6.07, 6.45) is 6.82. The fourth-order valence-corrected chi connectivity index (χ4v) is 1.66. The molecule has 0 saturated heterocycles. The van der Waals surface area contributed by atoms with Crippen molar-refractivity contribution in [2.75, 3.05) is 6.61 Å². The van der Waals surface area contributed by atoms with E-state index in [2.05, 4.69) is 4.98 Å². The zero-order valence-electron chi connectivity index (χ0n) is 9.80. The third kappa shape index (κ3) is 3.64. The molecule has 0 aliphatic heterocycles. The minimum atomic E-state index is -0.426. The molecule has 0 fully saturated rings. The van der Waals surface area contributed by atoms with Crippen LogP contribution in [0.3, 0.4) is 0 Å². The van der Waals surface area contributed by atoms with Crippen molar-refractivity contribution in [2.45, 2.75) is 26.2 Å². The highest BCUT2D eigenvalue weighted by Crippen LogP contribution is 2.28. The van der Waals surface area contributed by atoms with Gasteiger partial charge in [0.2, 0.25) is 0 Å². The van der Waals surface area contributed by atoms with Crippen LogP contribution in [0.15, 0.2) is 24.5 Å². The molecule has 0 unspecified atom stereocenters. The number of allylic oxidation sites excluding steroid dienone is 1. The zero-order valence-corrected chi connectivity index (χ0v) is 9.80. The first-order valence-electron chi connectivity index (χ1n) is 5.59. The molecule has 1 aromatic rings. The number of hydrogen-bond acceptors (Lipinski definition) is 4. The molecular formula is C12H16N2O3. The van der Waals surface area contributed by atoms with E-state index in [-0.39, 0.29) is 12.3 Å². The van der Waals surface area contributed by atoms with E-state index in [0.717, 1.165) is 18.4 Å². The van der Waals surface area contributed by atoms with Gasteiger partial charge in [-0.2, -0.15) is 0 Å². The van der Waals surface area contributed by atoms with Gasteiger partial charge in [-0.3, -0.25) is 15.1 Å². The molecule has 92 valence electrons. The minimum Gasteiger partial charge on any atom is -0.396 e. The molecule has 0 aliphatic rings. The molecule has 0 bridgehead atoms. The first-order valence-corrected chi connectivity index (χ1v) is 5.59. The third-order valence-corrected chi connectivity index (χ3v) is 2.38. The maximum Gasteiger partial charge on any atom is 0.294 e. The number of pyridine rings is 1. The largest absolute Gasteiger partial charge is 0.396 e.